The van der Waals surface area contributed by atoms with Gasteiger partial charge < -0.3 is 9.88 Å². The van der Waals surface area contributed by atoms with Gasteiger partial charge in [-0.05, 0) is 24.1 Å². The zero-order valence-corrected chi connectivity index (χ0v) is 8.17. The van der Waals surface area contributed by atoms with Gasteiger partial charge in [0.05, 0.1) is 0 Å². The fourth-order valence-electron chi connectivity index (χ4n) is 1.17. The van der Waals surface area contributed by atoms with Gasteiger partial charge in [0.15, 0.2) is 0 Å². The predicted octanol–water partition coefficient (Wildman–Crippen LogP) is 1.77. The highest BCUT2D eigenvalue weighted by Gasteiger charge is 1.95. The quantitative estimate of drug-likeness (QED) is 0.721. The van der Waals surface area contributed by atoms with Crippen LogP contribution in [0.1, 0.15) is 19.4 Å². The topological polar surface area (TPSA) is 17.0 Å². The molecule has 0 saturated heterocycles. The Bertz CT molecular complexity index is 225. The van der Waals surface area contributed by atoms with E-state index in [9.17, 15) is 0 Å². The molecule has 0 aliphatic carbocycles. The minimum atomic E-state index is 0.730. The van der Waals surface area contributed by atoms with E-state index >= 15 is 0 Å². The van der Waals surface area contributed by atoms with Gasteiger partial charge in [-0.3, -0.25) is 0 Å². The summed E-state index contributed by atoms with van der Waals surface area (Å²) < 4.78 is 2.08. The Labute approximate surface area is 74.6 Å². The molecule has 0 saturated carbocycles. The summed E-state index contributed by atoms with van der Waals surface area (Å²) in [6.45, 7) is 6.52. The van der Waals surface area contributed by atoms with Gasteiger partial charge in [-0.15, -0.1) is 0 Å². The summed E-state index contributed by atoms with van der Waals surface area (Å²) in [5.41, 5.74) is 1.36. The first-order chi connectivity index (χ1) is 5.68. The summed E-state index contributed by atoms with van der Waals surface area (Å²) in [4.78, 5) is 0. The van der Waals surface area contributed by atoms with Crippen molar-refractivity contribution in [2.24, 2.45) is 13.0 Å². The Hall–Kier alpha value is -0.760. The number of aromatic nitrogens is 1. The van der Waals surface area contributed by atoms with Gasteiger partial charge in [-0.2, -0.15) is 0 Å². The number of hydrogen-bond donors (Lipinski definition) is 1. The van der Waals surface area contributed by atoms with Crippen molar-refractivity contribution in [1.82, 2.24) is 9.88 Å². The van der Waals surface area contributed by atoms with Gasteiger partial charge in [-0.25, -0.2) is 0 Å². The lowest BCUT2D eigenvalue weighted by Crippen LogP contribution is -2.18. The smallest absolute Gasteiger partial charge is 0.0220 e. The lowest BCUT2D eigenvalue weighted by Gasteiger charge is -2.05. The summed E-state index contributed by atoms with van der Waals surface area (Å²) in [5.74, 6) is 0.730. The average molecular weight is 166 g/mol. The van der Waals surface area contributed by atoms with E-state index in [0.717, 1.165) is 19.0 Å². The maximum atomic E-state index is 3.40. The van der Waals surface area contributed by atoms with Crippen LogP contribution in [0.3, 0.4) is 0 Å². The molecule has 12 heavy (non-hydrogen) atoms. The number of aryl methyl sites for hydroxylation is 1. The molecule has 0 atom stereocenters. The van der Waals surface area contributed by atoms with Crippen LogP contribution < -0.4 is 5.32 Å². The van der Waals surface area contributed by atoms with Gasteiger partial charge in [0.25, 0.3) is 0 Å². The first kappa shape index (κ1) is 9.33. The predicted molar refractivity (Wildman–Crippen MR) is 52.0 cm³/mol. The Morgan fingerprint density at radius 3 is 2.75 bits per heavy atom. The molecule has 0 spiro atoms. The van der Waals surface area contributed by atoms with Crippen LogP contribution in [-0.4, -0.2) is 11.1 Å². The van der Waals surface area contributed by atoms with Gasteiger partial charge in [0, 0.05) is 26.0 Å². The van der Waals surface area contributed by atoms with Crippen molar-refractivity contribution < 1.29 is 0 Å². The van der Waals surface area contributed by atoms with E-state index in [2.05, 4.69) is 42.2 Å². The van der Waals surface area contributed by atoms with Crippen LogP contribution >= 0.6 is 0 Å². The van der Waals surface area contributed by atoms with Crippen molar-refractivity contribution in [1.29, 1.82) is 0 Å². The van der Waals surface area contributed by atoms with E-state index in [1.165, 1.54) is 5.56 Å². The molecular formula is C10H18N2. The van der Waals surface area contributed by atoms with Crippen molar-refractivity contribution >= 4 is 0 Å². The lowest BCUT2D eigenvalue weighted by atomic mass is 10.2. The molecule has 0 unspecified atom stereocenters. The van der Waals surface area contributed by atoms with Gasteiger partial charge in [0.2, 0.25) is 0 Å². The summed E-state index contributed by atoms with van der Waals surface area (Å²) in [5, 5.41) is 3.40. The van der Waals surface area contributed by atoms with Crippen molar-refractivity contribution in [3.05, 3.63) is 24.0 Å². The minimum Gasteiger partial charge on any atom is -0.357 e. The van der Waals surface area contributed by atoms with E-state index < -0.39 is 0 Å². The molecule has 2 nitrogen and oxygen atoms in total. The van der Waals surface area contributed by atoms with Crippen molar-refractivity contribution in [3.63, 3.8) is 0 Å². The fourth-order valence-corrected chi connectivity index (χ4v) is 1.17. The molecule has 68 valence electrons. The highest BCUT2D eigenvalue weighted by atomic mass is 14.9. The van der Waals surface area contributed by atoms with E-state index in [-0.39, 0.29) is 0 Å². The molecular weight excluding hydrogens is 148 g/mol. The zero-order chi connectivity index (χ0) is 8.97. The third kappa shape index (κ3) is 3.09. The molecule has 2 heteroatoms. The van der Waals surface area contributed by atoms with Crippen LogP contribution in [0, 0.1) is 5.92 Å². The van der Waals surface area contributed by atoms with E-state index in [1.807, 2.05) is 7.05 Å². The number of nitrogens with zero attached hydrogens (tertiary/aromatic N) is 1. The minimum absolute atomic E-state index is 0.730. The SMILES string of the molecule is CC(C)CNCc1ccn(C)c1. The van der Waals surface area contributed by atoms with Gasteiger partial charge in [0.1, 0.15) is 0 Å². The molecule has 0 radical (unpaired) electrons. The second-order valence-corrected chi connectivity index (χ2v) is 3.71. The molecule has 0 aliphatic rings. The van der Waals surface area contributed by atoms with Crippen molar-refractivity contribution in [3.8, 4) is 0 Å². The van der Waals surface area contributed by atoms with Crippen LogP contribution in [-0.2, 0) is 13.6 Å². The Kier molecular flexibility index (Phi) is 3.35. The third-order valence-corrected chi connectivity index (χ3v) is 1.77. The van der Waals surface area contributed by atoms with Crippen LogP contribution in [0.15, 0.2) is 18.5 Å². The molecule has 0 aliphatic heterocycles. The Morgan fingerprint density at radius 1 is 1.50 bits per heavy atom. The largest absolute Gasteiger partial charge is 0.357 e. The molecule has 0 amide bonds. The van der Waals surface area contributed by atoms with E-state index in [0.29, 0.717) is 0 Å². The van der Waals surface area contributed by atoms with Crippen LogP contribution in [0.4, 0.5) is 0 Å². The highest BCUT2D eigenvalue weighted by Crippen LogP contribution is 1.98. The van der Waals surface area contributed by atoms with Crippen LogP contribution in [0.5, 0.6) is 0 Å². The van der Waals surface area contributed by atoms with Gasteiger partial charge in [-0.1, -0.05) is 13.8 Å². The molecule has 0 bridgehead atoms. The maximum absolute atomic E-state index is 3.40. The third-order valence-electron chi connectivity index (χ3n) is 1.77. The standard InChI is InChI=1S/C10H18N2/c1-9(2)6-11-7-10-4-5-12(3)8-10/h4-5,8-9,11H,6-7H2,1-3H3. The lowest BCUT2D eigenvalue weighted by molar-refractivity contribution is 0.552. The first-order valence-electron chi connectivity index (χ1n) is 4.50. The monoisotopic (exact) mass is 166 g/mol. The Morgan fingerprint density at radius 2 is 2.25 bits per heavy atom. The summed E-state index contributed by atoms with van der Waals surface area (Å²) in [6.07, 6.45) is 4.22. The molecule has 0 aromatic carbocycles. The summed E-state index contributed by atoms with van der Waals surface area (Å²) in [6, 6.07) is 2.15. The van der Waals surface area contributed by atoms with E-state index in [1.54, 1.807) is 0 Å². The normalized spacial score (nSPS) is 11.0. The second-order valence-electron chi connectivity index (χ2n) is 3.71. The van der Waals surface area contributed by atoms with Crippen LogP contribution in [0.25, 0.3) is 0 Å². The molecule has 1 N–H and O–H groups in total. The molecule has 1 aromatic rings. The Balaban J connectivity index is 2.24. The van der Waals surface area contributed by atoms with Crippen molar-refractivity contribution in [2.75, 3.05) is 6.54 Å². The average Bonchev–Trinajstić information content (AvgIpc) is 2.35. The first-order valence-corrected chi connectivity index (χ1v) is 4.50. The molecule has 1 rings (SSSR count). The molecule has 1 heterocycles. The van der Waals surface area contributed by atoms with E-state index in [4.69, 9.17) is 0 Å². The fraction of sp³-hybridized carbons (Fsp3) is 0.600. The summed E-state index contributed by atoms with van der Waals surface area (Å²) >= 11 is 0. The zero-order valence-electron chi connectivity index (χ0n) is 8.17. The maximum Gasteiger partial charge on any atom is 0.0220 e. The van der Waals surface area contributed by atoms with Gasteiger partial charge >= 0.3 is 0 Å². The second kappa shape index (κ2) is 4.31. The number of hydrogen-bond acceptors (Lipinski definition) is 1. The van der Waals surface area contributed by atoms with Crippen LogP contribution in [0.2, 0.25) is 0 Å². The molecule has 0 fully saturated rings. The number of rotatable bonds is 4. The number of nitrogens with one attached hydrogen (secondary N) is 1. The highest BCUT2D eigenvalue weighted by molar-refractivity contribution is 5.09. The molecule has 1 aromatic heterocycles. The van der Waals surface area contributed by atoms with Crippen molar-refractivity contribution in [2.45, 2.75) is 20.4 Å². The summed E-state index contributed by atoms with van der Waals surface area (Å²) in [7, 11) is 2.05.